The van der Waals surface area contributed by atoms with Gasteiger partial charge in [-0.3, -0.25) is 9.59 Å². The van der Waals surface area contributed by atoms with Crippen molar-refractivity contribution < 1.29 is 24.6 Å². The first-order valence-corrected chi connectivity index (χ1v) is 13.9. The minimum absolute atomic E-state index is 0.0700. The van der Waals surface area contributed by atoms with E-state index in [1.54, 1.807) is 24.3 Å². The molecule has 0 fully saturated rings. The van der Waals surface area contributed by atoms with E-state index in [9.17, 15) is 19.5 Å². The molecule has 226 valence electrons. The summed E-state index contributed by atoms with van der Waals surface area (Å²) in [6, 6.07) is 19.7. The van der Waals surface area contributed by atoms with Crippen LogP contribution in [0.2, 0.25) is 0 Å². The fourth-order valence-corrected chi connectivity index (χ4v) is 5.15. The number of hydrogen-bond acceptors (Lipinski definition) is 10. The zero-order valence-electron chi connectivity index (χ0n) is 24.0. The van der Waals surface area contributed by atoms with Gasteiger partial charge < -0.3 is 36.8 Å². The minimum Gasteiger partial charge on any atom is -0.481 e. The predicted octanol–water partition coefficient (Wildman–Crippen LogP) is 3.07. The summed E-state index contributed by atoms with van der Waals surface area (Å²) < 4.78 is 0. The Bertz CT molecular complexity index is 1750. The Labute approximate surface area is 252 Å². The summed E-state index contributed by atoms with van der Waals surface area (Å²) >= 11 is 0. The molecule has 13 heteroatoms. The van der Waals surface area contributed by atoms with Crippen LogP contribution < -0.4 is 26.6 Å². The molecule has 2 heterocycles. The molecule has 0 spiro atoms. The first kappa shape index (κ1) is 29.8. The van der Waals surface area contributed by atoms with Crippen LogP contribution in [-0.2, 0) is 16.1 Å². The molecule has 1 amide bonds. The van der Waals surface area contributed by atoms with Gasteiger partial charge in [0.25, 0.3) is 5.91 Å². The number of carboxylic acid groups (broad SMARTS) is 2. The molecule has 0 bridgehead atoms. The van der Waals surface area contributed by atoms with Crippen molar-refractivity contribution in [2.75, 3.05) is 41.4 Å². The van der Waals surface area contributed by atoms with Crippen LogP contribution in [0.5, 0.6) is 0 Å². The van der Waals surface area contributed by atoms with Gasteiger partial charge in [0.05, 0.1) is 18.8 Å². The van der Waals surface area contributed by atoms with E-state index < -0.39 is 23.9 Å². The highest BCUT2D eigenvalue weighted by Gasteiger charge is 2.26. The fraction of sp³-hybridized carbons (Fsp3) is 0.226. The molecule has 0 unspecified atom stereocenters. The number of rotatable bonds is 11. The number of aromatic nitrogens is 2. The number of carbonyl (C=O) groups is 3. The van der Waals surface area contributed by atoms with Crippen LogP contribution in [0.15, 0.2) is 71.7 Å². The topological polar surface area (TPSA) is 200 Å². The zero-order chi connectivity index (χ0) is 31.4. The Balaban J connectivity index is 1.33. The molecule has 0 saturated heterocycles. The first-order chi connectivity index (χ1) is 21.1. The molecule has 44 heavy (non-hydrogen) atoms. The predicted molar refractivity (Wildman–Crippen MR) is 168 cm³/mol. The molecule has 0 aliphatic carbocycles. The smallest absolute Gasteiger partial charge is 0.326 e. The van der Waals surface area contributed by atoms with Crippen molar-refractivity contribution in [3.8, 4) is 0 Å². The summed E-state index contributed by atoms with van der Waals surface area (Å²) in [4.78, 5) is 52.4. The molecule has 5 rings (SSSR count). The van der Waals surface area contributed by atoms with Gasteiger partial charge in [-0.25, -0.2) is 9.79 Å². The third-order valence-electron chi connectivity index (χ3n) is 7.33. The average Bonchev–Trinajstić information content (AvgIpc) is 2.99. The normalized spacial score (nSPS) is 13.1. The lowest BCUT2D eigenvalue weighted by Crippen LogP contribution is -2.41. The fourth-order valence-electron chi connectivity index (χ4n) is 5.15. The van der Waals surface area contributed by atoms with E-state index in [0.717, 1.165) is 27.7 Å². The standard InChI is InChI=1S/C31H32N8O5/c1-38(22-11-9-19(10-12-22)29(42)35-24(30(43)44)13-14-25(40)41)16-21-17-39(28-26(34-21)27(32)36-31(33)37-28)15-20-7-4-6-18-5-2-3-8-23(18)20/h2-12,24H,13-17H2,1H3,(H,35,42)(H,40,41)(H,43,44)(H4,32,33,36,37)/t24-/m0/s1. The lowest BCUT2D eigenvalue weighted by molar-refractivity contribution is -0.140. The number of hydrogen-bond donors (Lipinski definition) is 5. The zero-order valence-corrected chi connectivity index (χ0v) is 24.0. The molecule has 13 nitrogen and oxygen atoms in total. The minimum atomic E-state index is -1.31. The number of nitrogen functional groups attached to an aromatic ring is 2. The molecule has 3 aromatic carbocycles. The SMILES string of the molecule is CN(CC1=Nc2c(N)nc(N)nc2N(Cc2cccc3ccccc23)C1)c1ccc(C(=O)N[C@@H](CCC(=O)O)C(=O)O)cc1. The number of carboxylic acids is 2. The van der Waals surface area contributed by atoms with Crippen LogP contribution >= 0.6 is 0 Å². The summed E-state index contributed by atoms with van der Waals surface area (Å²) in [6.07, 6.45) is -0.595. The van der Waals surface area contributed by atoms with Crippen LogP contribution in [0.1, 0.15) is 28.8 Å². The highest BCUT2D eigenvalue weighted by molar-refractivity contribution is 6.00. The number of aliphatic imine (C=N–C) groups is 1. The quantitative estimate of drug-likeness (QED) is 0.170. The van der Waals surface area contributed by atoms with Gasteiger partial charge in [-0.2, -0.15) is 9.97 Å². The highest BCUT2D eigenvalue weighted by atomic mass is 16.4. The van der Waals surface area contributed by atoms with Gasteiger partial charge in [0.2, 0.25) is 5.95 Å². The molecule has 1 atom stereocenters. The van der Waals surface area contributed by atoms with Crippen molar-refractivity contribution in [3.05, 3.63) is 77.9 Å². The Morgan fingerprint density at radius 2 is 1.73 bits per heavy atom. The first-order valence-electron chi connectivity index (χ1n) is 13.9. The van der Waals surface area contributed by atoms with E-state index in [1.165, 1.54) is 0 Å². The number of nitrogens with two attached hydrogens (primary N) is 2. The number of aliphatic carboxylic acids is 2. The lowest BCUT2D eigenvalue weighted by atomic mass is 10.0. The number of nitrogens with one attached hydrogen (secondary N) is 1. The number of carbonyl (C=O) groups excluding carboxylic acids is 1. The van der Waals surface area contributed by atoms with Gasteiger partial charge in [0.15, 0.2) is 11.6 Å². The van der Waals surface area contributed by atoms with Crippen molar-refractivity contribution in [1.82, 2.24) is 15.3 Å². The summed E-state index contributed by atoms with van der Waals surface area (Å²) in [6.45, 7) is 1.43. The monoisotopic (exact) mass is 596 g/mol. The second-order valence-corrected chi connectivity index (χ2v) is 10.5. The maximum atomic E-state index is 12.7. The van der Waals surface area contributed by atoms with E-state index in [4.69, 9.17) is 21.6 Å². The van der Waals surface area contributed by atoms with E-state index >= 15 is 0 Å². The molecule has 1 aromatic heterocycles. The molecule has 1 aliphatic heterocycles. The maximum Gasteiger partial charge on any atom is 0.326 e. The Kier molecular flexibility index (Phi) is 8.56. The van der Waals surface area contributed by atoms with E-state index in [-0.39, 0.29) is 30.2 Å². The van der Waals surface area contributed by atoms with Gasteiger partial charge in [-0.1, -0.05) is 42.5 Å². The number of fused-ring (bicyclic) bond motifs is 2. The van der Waals surface area contributed by atoms with Crippen molar-refractivity contribution in [1.29, 1.82) is 0 Å². The van der Waals surface area contributed by atoms with Crippen LogP contribution in [0, 0.1) is 0 Å². The van der Waals surface area contributed by atoms with Crippen LogP contribution in [0.3, 0.4) is 0 Å². The summed E-state index contributed by atoms with van der Waals surface area (Å²) in [5, 5.41) is 22.8. The maximum absolute atomic E-state index is 12.7. The Morgan fingerprint density at radius 3 is 2.45 bits per heavy atom. The van der Waals surface area contributed by atoms with Gasteiger partial charge in [0, 0.05) is 31.3 Å². The third-order valence-corrected chi connectivity index (χ3v) is 7.33. The lowest BCUT2D eigenvalue weighted by Gasteiger charge is -2.32. The van der Waals surface area contributed by atoms with Gasteiger partial charge in [-0.05, 0) is 47.0 Å². The molecule has 7 N–H and O–H groups in total. The molecule has 1 aliphatic rings. The van der Waals surface area contributed by atoms with Crippen molar-refractivity contribution >= 4 is 63.3 Å². The summed E-state index contributed by atoms with van der Waals surface area (Å²) in [5.74, 6) is -2.22. The van der Waals surface area contributed by atoms with E-state index in [1.807, 2.05) is 30.1 Å². The Morgan fingerprint density at radius 1 is 1.00 bits per heavy atom. The second kappa shape index (κ2) is 12.7. The van der Waals surface area contributed by atoms with Gasteiger partial charge in [0.1, 0.15) is 11.7 Å². The highest BCUT2D eigenvalue weighted by Crippen LogP contribution is 2.37. The number of nitrogens with zero attached hydrogens (tertiary/aromatic N) is 5. The molecule has 0 saturated carbocycles. The van der Waals surface area contributed by atoms with Crippen molar-refractivity contribution in [2.24, 2.45) is 4.99 Å². The summed E-state index contributed by atoms with van der Waals surface area (Å²) in [7, 11) is 1.89. The third kappa shape index (κ3) is 6.67. The van der Waals surface area contributed by atoms with Crippen LogP contribution in [0.4, 0.5) is 29.0 Å². The molecular formula is C31H32N8O5. The molecular weight excluding hydrogens is 564 g/mol. The largest absolute Gasteiger partial charge is 0.481 e. The number of amides is 1. The molecule has 4 aromatic rings. The Hall–Kier alpha value is -5.72. The summed E-state index contributed by atoms with van der Waals surface area (Å²) in [5.41, 5.74) is 15.6. The average molecular weight is 597 g/mol. The van der Waals surface area contributed by atoms with E-state index in [2.05, 4.69) is 44.5 Å². The second-order valence-electron chi connectivity index (χ2n) is 10.5. The van der Waals surface area contributed by atoms with Crippen LogP contribution in [0.25, 0.3) is 10.8 Å². The van der Waals surface area contributed by atoms with Gasteiger partial charge >= 0.3 is 11.9 Å². The number of anilines is 4. The van der Waals surface area contributed by atoms with Crippen LogP contribution in [-0.4, -0.2) is 69.9 Å². The molecule has 0 radical (unpaired) electrons. The van der Waals surface area contributed by atoms with Crippen molar-refractivity contribution in [2.45, 2.75) is 25.4 Å². The van der Waals surface area contributed by atoms with E-state index in [0.29, 0.717) is 31.1 Å². The number of benzene rings is 3. The van der Waals surface area contributed by atoms with Gasteiger partial charge in [-0.15, -0.1) is 0 Å². The van der Waals surface area contributed by atoms with Crippen molar-refractivity contribution in [3.63, 3.8) is 0 Å².